The maximum absolute atomic E-state index is 11.8. The lowest BCUT2D eigenvalue weighted by Crippen LogP contribution is -2.32. The molecule has 1 heterocycles. The Morgan fingerprint density at radius 3 is 2.81 bits per heavy atom. The normalized spacial score (nSPS) is 19.9. The number of hydrogen-bond donors (Lipinski definition) is 0. The van der Waals surface area contributed by atoms with Gasteiger partial charge in [0.25, 0.3) is 0 Å². The van der Waals surface area contributed by atoms with Crippen LogP contribution in [0.2, 0.25) is 0 Å². The van der Waals surface area contributed by atoms with E-state index in [4.69, 9.17) is 0 Å². The summed E-state index contributed by atoms with van der Waals surface area (Å²) in [6.45, 7) is 3.73. The van der Waals surface area contributed by atoms with Gasteiger partial charge in [0.05, 0.1) is 11.7 Å². The molecule has 0 saturated carbocycles. The molecule has 1 fully saturated rings. The van der Waals surface area contributed by atoms with Crippen LogP contribution in [0.4, 0.5) is 5.69 Å². The number of nitrogens with zero attached hydrogens (tertiary/aromatic N) is 1. The second-order valence-corrected chi connectivity index (χ2v) is 3.78. The van der Waals surface area contributed by atoms with E-state index >= 15 is 0 Å². The Labute approximate surface area is 94.4 Å². The van der Waals surface area contributed by atoms with Crippen molar-refractivity contribution < 1.29 is 9.59 Å². The standard InChI is InChI=1S/C13H13NO2/c1-2-11-7-8-13(16)14(11)12-6-4-3-5-10(12)9-15/h2-6,9,11H,1,7-8H2. The highest BCUT2D eigenvalue weighted by Gasteiger charge is 2.31. The van der Waals surface area contributed by atoms with Crippen molar-refractivity contribution in [1.29, 1.82) is 0 Å². The van der Waals surface area contributed by atoms with Gasteiger partial charge in [0, 0.05) is 12.0 Å². The summed E-state index contributed by atoms with van der Waals surface area (Å²) in [5.74, 6) is 0.0548. The fraction of sp³-hybridized carbons (Fsp3) is 0.231. The maximum Gasteiger partial charge on any atom is 0.227 e. The van der Waals surface area contributed by atoms with E-state index in [1.54, 1.807) is 29.2 Å². The number of anilines is 1. The molecule has 3 heteroatoms. The highest BCUT2D eigenvalue weighted by Crippen LogP contribution is 2.29. The summed E-state index contributed by atoms with van der Waals surface area (Å²) in [6.07, 6.45) is 3.83. The second-order valence-electron chi connectivity index (χ2n) is 3.78. The molecule has 0 spiro atoms. The average Bonchev–Trinajstić information content (AvgIpc) is 2.70. The molecular formula is C13H13NO2. The number of hydrogen-bond acceptors (Lipinski definition) is 2. The largest absolute Gasteiger partial charge is 0.305 e. The molecule has 82 valence electrons. The number of carbonyl (C=O) groups excluding carboxylic acids is 2. The Bertz CT molecular complexity index is 439. The molecule has 3 nitrogen and oxygen atoms in total. The quantitative estimate of drug-likeness (QED) is 0.572. The summed E-state index contributed by atoms with van der Waals surface area (Å²) in [6, 6.07) is 7.14. The van der Waals surface area contributed by atoms with Crippen molar-refractivity contribution in [2.75, 3.05) is 4.90 Å². The predicted octanol–water partition coefficient (Wildman–Crippen LogP) is 2.18. The summed E-state index contributed by atoms with van der Waals surface area (Å²) in [5, 5.41) is 0. The summed E-state index contributed by atoms with van der Waals surface area (Å²) in [4.78, 5) is 24.4. The third-order valence-electron chi connectivity index (χ3n) is 2.85. The van der Waals surface area contributed by atoms with Crippen LogP contribution in [0.25, 0.3) is 0 Å². The van der Waals surface area contributed by atoms with E-state index < -0.39 is 0 Å². The molecule has 0 N–H and O–H groups in total. The number of carbonyl (C=O) groups is 2. The van der Waals surface area contributed by atoms with Gasteiger partial charge in [0.1, 0.15) is 0 Å². The molecule has 2 rings (SSSR count). The number of aldehydes is 1. The summed E-state index contributed by atoms with van der Waals surface area (Å²) < 4.78 is 0. The molecule has 16 heavy (non-hydrogen) atoms. The van der Waals surface area contributed by atoms with Crippen molar-refractivity contribution in [3.05, 3.63) is 42.5 Å². The van der Waals surface area contributed by atoms with Crippen LogP contribution in [0.15, 0.2) is 36.9 Å². The number of para-hydroxylation sites is 1. The number of amides is 1. The fourth-order valence-electron chi connectivity index (χ4n) is 2.05. The van der Waals surface area contributed by atoms with Crippen LogP contribution < -0.4 is 4.90 Å². The van der Waals surface area contributed by atoms with E-state index in [1.165, 1.54) is 0 Å². The van der Waals surface area contributed by atoms with Crippen LogP contribution in [-0.2, 0) is 4.79 Å². The van der Waals surface area contributed by atoms with E-state index in [0.29, 0.717) is 17.7 Å². The predicted molar refractivity (Wildman–Crippen MR) is 62.5 cm³/mol. The molecule has 1 atom stereocenters. The number of rotatable bonds is 3. The lowest BCUT2D eigenvalue weighted by Gasteiger charge is -2.23. The molecule has 0 aromatic heterocycles. The average molecular weight is 215 g/mol. The Balaban J connectivity index is 2.45. The van der Waals surface area contributed by atoms with Gasteiger partial charge in [0.15, 0.2) is 6.29 Å². The lowest BCUT2D eigenvalue weighted by molar-refractivity contribution is -0.117. The van der Waals surface area contributed by atoms with Crippen LogP contribution in [0.1, 0.15) is 23.2 Å². The molecular weight excluding hydrogens is 202 g/mol. The van der Waals surface area contributed by atoms with Crippen LogP contribution in [-0.4, -0.2) is 18.2 Å². The van der Waals surface area contributed by atoms with Gasteiger partial charge >= 0.3 is 0 Å². The zero-order valence-electron chi connectivity index (χ0n) is 8.93. The Morgan fingerprint density at radius 1 is 1.38 bits per heavy atom. The van der Waals surface area contributed by atoms with Gasteiger partial charge in [-0.15, -0.1) is 6.58 Å². The molecule has 1 aliphatic heterocycles. The van der Waals surface area contributed by atoms with Gasteiger partial charge in [-0.05, 0) is 18.6 Å². The first-order valence-corrected chi connectivity index (χ1v) is 5.26. The van der Waals surface area contributed by atoms with E-state index in [9.17, 15) is 9.59 Å². The summed E-state index contributed by atoms with van der Waals surface area (Å²) in [5.41, 5.74) is 1.23. The van der Waals surface area contributed by atoms with Gasteiger partial charge in [-0.2, -0.15) is 0 Å². The minimum absolute atomic E-state index is 0.00796. The first-order valence-electron chi connectivity index (χ1n) is 5.26. The maximum atomic E-state index is 11.8. The van der Waals surface area contributed by atoms with Crippen molar-refractivity contribution in [2.24, 2.45) is 0 Å². The van der Waals surface area contributed by atoms with Gasteiger partial charge in [-0.3, -0.25) is 9.59 Å². The monoisotopic (exact) mass is 215 g/mol. The van der Waals surface area contributed by atoms with Gasteiger partial charge < -0.3 is 4.90 Å². The van der Waals surface area contributed by atoms with E-state index in [2.05, 4.69) is 6.58 Å². The highest BCUT2D eigenvalue weighted by molar-refractivity contribution is 6.00. The van der Waals surface area contributed by atoms with E-state index in [-0.39, 0.29) is 11.9 Å². The Kier molecular flexibility index (Phi) is 2.86. The molecule has 0 aliphatic carbocycles. The minimum Gasteiger partial charge on any atom is -0.305 e. The molecule has 1 aromatic carbocycles. The minimum atomic E-state index is 0.00796. The second kappa shape index (κ2) is 4.31. The van der Waals surface area contributed by atoms with E-state index in [0.717, 1.165) is 12.7 Å². The summed E-state index contributed by atoms with van der Waals surface area (Å²) in [7, 11) is 0. The molecule has 1 unspecified atom stereocenters. The first kappa shape index (κ1) is 10.6. The van der Waals surface area contributed by atoms with Crippen molar-refractivity contribution in [3.63, 3.8) is 0 Å². The van der Waals surface area contributed by atoms with Crippen molar-refractivity contribution >= 4 is 17.9 Å². The Morgan fingerprint density at radius 2 is 2.12 bits per heavy atom. The van der Waals surface area contributed by atoms with Gasteiger partial charge in [0.2, 0.25) is 5.91 Å². The van der Waals surface area contributed by atoms with Crippen molar-refractivity contribution in [1.82, 2.24) is 0 Å². The highest BCUT2D eigenvalue weighted by atomic mass is 16.2. The van der Waals surface area contributed by atoms with Gasteiger partial charge in [-0.25, -0.2) is 0 Å². The van der Waals surface area contributed by atoms with Crippen LogP contribution >= 0.6 is 0 Å². The molecule has 1 aromatic rings. The molecule has 1 saturated heterocycles. The fourth-order valence-corrected chi connectivity index (χ4v) is 2.05. The molecule has 1 amide bonds. The zero-order valence-corrected chi connectivity index (χ0v) is 8.93. The molecule has 1 aliphatic rings. The van der Waals surface area contributed by atoms with Crippen molar-refractivity contribution in [3.8, 4) is 0 Å². The zero-order chi connectivity index (χ0) is 11.5. The van der Waals surface area contributed by atoms with Crippen LogP contribution in [0.3, 0.4) is 0 Å². The van der Waals surface area contributed by atoms with E-state index in [1.807, 2.05) is 6.07 Å². The molecule has 0 bridgehead atoms. The topological polar surface area (TPSA) is 37.4 Å². The van der Waals surface area contributed by atoms with Gasteiger partial charge in [-0.1, -0.05) is 18.2 Å². The van der Waals surface area contributed by atoms with Crippen LogP contribution in [0.5, 0.6) is 0 Å². The number of benzene rings is 1. The first-order chi connectivity index (χ1) is 7.77. The van der Waals surface area contributed by atoms with Crippen molar-refractivity contribution in [2.45, 2.75) is 18.9 Å². The lowest BCUT2D eigenvalue weighted by atomic mass is 10.1. The SMILES string of the molecule is C=CC1CCC(=O)N1c1ccccc1C=O. The van der Waals surface area contributed by atoms with Crippen LogP contribution in [0, 0.1) is 0 Å². The Hall–Kier alpha value is -1.90. The smallest absolute Gasteiger partial charge is 0.227 e. The third-order valence-corrected chi connectivity index (χ3v) is 2.85. The summed E-state index contributed by atoms with van der Waals surface area (Å²) >= 11 is 0. The third kappa shape index (κ3) is 1.65. The molecule has 0 radical (unpaired) electrons.